The maximum Gasteiger partial charge on any atom is 0.146 e. The van der Waals surface area contributed by atoms with Crippen LogP contribution >= 0.6 is 0 Å². The Morgan fingerprint density at radius 1 is 1.11 bits per heavy atom. The molecule has 3 heterocycles. The summed E-state index contributed by atoms with van der Waals surface area (Å²) in [4.78, 5) is 11.0. The van der Waals surface area contributed by atoms with Gasteiger partial charge in [-0.05, 0) is 77.9 Å². The van der Waals surface area contributed by atoms with E-state index in [4.69, 9.17) is 10.1 Å². The molecular weight excluding hydrogens is 352 g/mol. The lowest BCUT2D eigenvalue weighted by Gasteiger charge is -2.36. The third-order valence-corrected chi connectivity index (χ3v) is 7.47. The van der Waals surface area contributed by atoms with Gasteiger partial charge in [0, 0.05) is 24.9 Å². The minimum atomic E-state index is 0.0921. The average molecular weight is 391 g/mol. The van der Waals surface area contributed by atoms with Gasteiger partial charge in [-0.2, -0.15) is 10.7 Å². The first-order valence-corrected chi connectivity index (χ1v) is 11.3. The number of rotatable bonds is 5. The highest BCUT2D eigenvalue weighted by Gasteiger charge is 2.41. The van der Waals surface area contributed by atoms with Crippen LogP contribution in [0.4, 0.5) is 0 Å². The van der Waals surface area contributed by atoms with Crippen LogP contribution in [0.3, 0.4) is 0 Å². The van der Waals surface area contributed by atoms with Crippen molar-refractivity contribution in [1.29, 1.82) is 5.26 Å². The molecule has 3 saturated heterocycles. The van der Waals surface area contributed by atoms with Gasteiger partial charge in [0.25, 0.3) is 0 Å². The zero-order valence-corrected chi connectivity index (χ0v) is 17.6. The number of hydrogen-bond acceptors (Lipinski definition) is 7. The maximum atomic E-state index is 9.12. The lowest BCUT2D eigenvalue weighted by Crippen LogP contribution is -2.54. The lowest BCUT2D eigenvalue weighted by molar-refractivity contribution is -0.0274. The summed E-state index contributed by atoms with van der Waals surface area (Å²) >= 11 is 0. The summed E-state index contributed by atoms with van der Waals surface area (Å²) in [5, 5.41) is 16.5. The van der Waals surface area contributed by atoms with Gasteiger partial charge in [-0.25, -0.2) is 0 Å². The second-order valence-corrected chi connectivity index (χ2v) is 9.58. The van der Waals surface area contributed by atoms with Gasteiger partial charge in [0.2, 0.25) is 0 Å². The molecule has 3 N–H and O–H groups in total. The van der Waals surface area contributed by atoms with Crippen molar-refractivity contribution in [2.45, 2.75) is 76.0 Å². The molecule has 158 valence electrons. The van der Waals surface area contributed by atoms with Gasteiger partial charge in [-0.3, -0.25) is 20.0 Å². The van der Waals surface area contributed by atoms with E-state index >= 15 is 0 Å². The van der Waals surface area contributed by atoms with E-state index in [-0.39, 0.29) is 12.4 Å². The number of nitrogens with zero attached hydrogens (tertiary/aromatic N) is 3. The van der Waals surface area contributed by atoms with E-state index < -0.39 is 0 Å². The van der Waals surface area contributed by atoms with E-state index in [1.165, 1.54) is 51.6 Å². The molecular formula is C21H38N6O. The van der Waals surface area contributed by atoms with Crippen LogP contribution in [0.5, 0.6) is 0 Å². The number of likely N-dealkylation sites (tertiary alicyclic amines) is 1. The average Bonchev–Trinajstić information content (AvgIpc) is 3.38. The monoisotopic (exact) mass is 390 g/mol. The normalized spacial score (nSPS) is 42.7. The molecule has 0 radical (unpaired) electrons. The molecule has 5 atom stereocenters. The summed E-state index contributed by atoms with van der Waals surface area (Å²) in [6.45, 7) is 3.38. The molecule has 0 bridgehead atoms. The molecule has 4 unspecified atom stereocenters. The highest BCUT2D eigenvalue weighted by molar-refractivity contribution is 4.93. The Morgan fingerprint density at radius 3 is 2.61 bits per heavy atom. The van der Waals surface area contributed by atoms with Gasteiger partial charge in [0.05, 0.1) is 24.4 Å². The van der Waals surface area contributed by atoms with Gasteiger partial charge >= 0.3 is 0 Å². The van der Waals surface area contributed by atoms with E-state index in [1.54, 1.807) is 0 Å². The summed E-state index contributed by atoms with van der Waals surface area (Å²) in [5.74, 6) is 1.62. The van der Waals surface area contributed by atoms with Crippen molar-refractivity contribution >= 4 is 0 Å². The molecule has 7 heteroatoms. The SMILES string of the molecule is CN(C)C1CCC(C2NOC([C@H]3CCCN3CC3CCC(C#N)CC3)N2)CN1. The summed E-state index contributed by atoms with van der Waals surface area (Å²) in [6, 6.07) is 2.93. The van der Waals surface area contributed by atoms with Crippen molar-refractivity contribution in [2.24, 2.45) is 17.8 Å². The summed E-state index contributed by atoms with van der Waals surface area (Å²) < 4.78 is 0. The second-order valence-electron chi connectivity index (χ2n) is 9.58. The van der Waals surface area contributed by atoms with Crippen molar-refractivity contribution in [3.8, 4) is 6.07 Å². The number of hydroxylamine groups is 1. The van der Waals surface area contributed by atoms with Gasteiger partial charge in [-0.15, -0.1) is 0 Å². The van der Waals surface area contributed by atoms with Crippen LogP contribution in [0.25, 0.3) is 0 Å². The fourth-order valence-electron chi connectivity index (χ4n) is 5.63. The van der Waals surface area contributed by atoms with Crippen LogP contribution in [0.15, 0.2) is 0 Å². The minimum absolute atomic E-state index is 0.0921. The Bertz CT molecular complexity index is 536. The molecule has 1 aliphatic carbocycles. The minimum Gasteiger partial charge on any atom is -0.301 e. The summed E-state index contributed by atoms with van der Waals surface area (Å²) in [7, 11) is 4.29. The lowest BCUT2D eigenvalue weighted by atomic mass is 9.82. The fourth-order valence-corrected chi connectivity index (χ4v) is 5.63. The van der Waals surface area contributed by atoms with Crippen LogP contribution in [-0.2, 0) is 4.84 Å². The molecule has 7 nitrogen and oxygen atoms in total. The number of piperidine rings is 1. The first-order valence-electron chi connectivity index (χ1n) is 11.3. The quantitative estimate of drug-likeness (QED) is 0.656. The van der Waals surface area contributed by atoms with E-state index in [0.29, 0.717) is 24.0 Å². The van der Waals surface area contributed by atoms with Gasteiger partial charge in [0.1, 0.15) is 6.23 Å². The van der Waals surface area contributed by atoms with E-state index in [2.05, 4.69) is 46.1 Å². The third-order valence-electron chi connectivity index (χ3n) is 7.47. The second kappa shape index (κ2) is 9.38. The third kappa shape index (κ3) is 4.69. The largest absolute Gasteiger partial charge is 0.301 e. The molecule has 4 fully saturated rings. The zero-order chi connectivity index (χ0) is 19.5. The van der Waals surface area contributed by atoms with Crippen LogP contribution in [-0.4, -0.2) is 68.1 Å². The van der Waals surface area contributed by atoms with Gasteiger partial charge in [0.15, 0.2) is 0 Å². The van der Waals surface area contributed by atoms with Crippen molar-refractivity contribution in [3.05, 3.63) is 0 Å². The zero-order valence-electron chi connectivity index (χ0n) is 17.6. The molecule has 0 aromatic carbocycles. The number of hydrogen-bond donors (Lipinski definition) is 3. The molecule has 1 saturated carbocycles. The molecule has 28 heavy (non-hydrogen) atoms. The molecule has 0 aromatic rings. The van der Waals surface area contributed by atoms with E-state index in [9.17, 15) is 0 Å². The van der Waals surface area contributed by atoms with Gasteiger partial charge < -0.3 is 5.32 Å². The highest BCUT2D eigenvalue weighted by atomic mass is 16.7. The van der Waals surface area contributed by atoms with Crippen molar-refractivity contribution in [3.63, 3.8) is 0 Å². The Morgan fingerprint density at radius 2 is 1.93 bits per heavy atom. The summed E-state index contributed by atoms with van der Waals surface area (Å²) in [5.41, 5.74) is 3.31. The molecule has 0 aromatic heterocycles. The Kier molecular flexibility index (Phi) is 6.87. The highest BCUT2D eigenvalue weighted by Crippen LogP contribution is 2.32. The number of nitrogens with one attached hydrogen (secondary N) is 3. The smallest absolute Gasteiger partial charge is 0.146 e. The predicted octanol–water partition coefficient (Wildman–Crippen LogP) is 1.44. The van der Waals surface area contributed by atoms with Crippen LogP contribution in [0, 0.1) is 29.1 Å². The van der Waals surface area contributed by atoms with Gasteiger partial charge in [-0.1, -0.05) is 0 Å². The van der Waals surface area contributed by atoms with Crippen molar-refractivity contribution in [1.82, 2.24) is 25.9 Å². The van der Waals surface area contributed by atoms with Crippen LogP contribution < -0.4 is 16.1 Å². The van der Waals surface area contributed by atoms with Crippen LogP contribution in [0.1, 0.15) is 51.4 Å². The van der Waals surface area contributed by atoms with Crippen LogP contribution in [0.2, 0.25) is 0 Å². The predicted molar refractivity (Wildman–Crippen MR) is 109 cm³/mol. The Labute approximate surface area is 170 Å². The van der Waals surface area contributed by atoms with E-state index in [0.717, 1.165) is 25.3 Å². The fraction of sp³-hybridized carbons (Fsp3) is 0.952. The molecule has 4 aliphatic rings. The molecule has 3 aliphatic heterocycles. The Hall–Kier alpha value is -0.750. The standard InChI is InChI=1S/C21H38N6O/c1-26(2)19-10-9-17(13-23-19)20-24-21(28-25-20)18-4-3-11-27(18)14-16-7-5-15(12-22)6-8-16/h15-21,23-25H,3-11,13-14H2,1-2H3/t15?,16?,17?,18-,19?,20?,21?/m1/s1. The molecule has 0 amide bonds. The molecule has 0 spiro atoms. The number of nitriles is 1. The van der Waals surface area contributed by atoms with E-state index in [1.807, 2.05) is 0 Å². The van der Waals surface area contributed by atoms with Crippen molar-refractivity contribution in [2.75, 3.05) is 33.7 Å². The summed E-state index contributed by atoms with van der Waals surface area (Å²) in [6.07, 6.45) is 10.3. The molecule has 4 rings (SSSR count). The van der Waals surface area contributed by atoms with Crippen molar-refractivity contribution < 1.29 is 4.84 Å². The first-order chi connectivity index (χ1) is 13.6. The first kappa shape index (κ1) is 20.5. The maximum absolute atomic E-state index is 9.12. The topological polar surface area (TPSA) is 75.6 Å². The Balaban J connectivity index is 1.25.